The average Bonchev–Trinajstić information content (AvgIpc) is 3.18. The smallest absolute Gasteiger partial charge is 0.243 e. The van der Waals surface area contributed by atoms with Crippen molar-refractivity contribution in [3.63, 3.8) is 0 Å². The van der Waals surface area contributed by atoms with Crippen LogP contribution in [-0.2, 0) is 26.0 Å². The van der Waals surface area contributed by atoms with Crippen molar-refractivity contribution >= 4 is 33.2 Å². The molecule has 2 aromatic rings. The molecular weight excluding hydrogens is 433 g/mol. The Hall–Kier alpha value is -2.78. The van der Waals surface area contributed by atoms with Crippen molar-refractivity contribution in [2.45, 2.75) is 37.5 Å². The van der Waals surface area contributed by atoms with E-state index >= 15 is 0 Å². The van der Waals surface area contributed by atoms with Crippen LogP contribution in [0.3, 0.4) is 0 Å². The van der Waals surface area contributed by atoms with Gasteiger partial charge in [-0.25, -0.2) is 12.8 Å². The van der Waals surface area contributed by atoms with Crippen molar-refractivity contribution in [1.29, 1.82) is 0 Å². The van der Waals surface area contributed by atoms with Gasteiger partial charge >= 0.3 is 0 Å². The van der Waals surface area contributed by atoms with Crippen LogP contribution in [0.5, 0.6) is 0 Å². The number of nitrogens with one attached hydrogen (secondary N) is 1. The molecule has 4 rings (SSSR count). The number of amides is 2. The summed E-state index contributed by atoms with van der Waals surface area (Å²) in [6, 6.07) is 10.7. The molecule has 1 fully saturated rings. The van der Waals surface area contributed by atoms with Gasteiger partial charge in [-0.2, -0.15) is 4.31 Å². The quantitative estimate of drug-likeness (QED) is 0.744. The van der Waals surface area contributed by atoms with E-state index in [1.807, 2.05) is 0 Å². The number of hydrogen-bond donors (Lipinski definition) is 1. The Morgan fingerprint density at radius 1 is 1.09 bits per heavy atom. The molecule has 0 radical (unpaired) electrons. The standard InChI is InChI=1S/C23H26FN3O4S/c1-16(28)27-12-9-18-14-21(5-6-22(18)27)32(30,31)26-10-7-17(8-11-26)13-23(29)25-20-4-2-3-19(24)15-20/h2-6,14-15,17H,7-13H2,1H3,(H,25,29). The molecule has 2 heterocycles. The van der Waals surface area contributed by atoms with Crippen LogP contribution in [0.15, 0.2) is 47.4 Å². The van der Waals surface area contributed by atoms with Gasteiger partial charge in [-0.1, -0.05) is 6.07 Å². The summed E-state index contributed by atoms with van der Waals surface area (Å²) in [5.74, 6) is -0.602. The summed E-state index contributed by atoms with van der Waals surface area (Å²) in [4.78, 5) is 25.9. The largest absolute Gasteiger partial charge is 0.326 e. The van der Waals surface area contributed by atoms with Gasteiger partial charge in [0.25, 0.3) is 0 Å². The number of sulfonamides is 1. The summed E-state index contributed by atoms with van der Waals surface area (Å²) in [7, 11) is -3.64. The van der Waals surface area contributed by atoms with E-state index < -0.39 is 15.8 Å². The Morgan fingerprint density at radius 2 is 1.84 bits per heavy atom. The molecule has 9 heteroatoms. The number of hydrogen-bond acceptors (Lipinski definition) is 4. The molecule has 0 aromatic heterocycles. The van der Waals surface area contributed by atoms with Gasteiger partial charge in [-0.3, -0.25) is 9.59 Å². The zero-order valence-corrected chi connectivity index (χ0v) is 18.7. The second-order valence-corrected chi connectivity index (χ2v) is 10.3. The van der Waals surface area contributed by atoms with Crippen LogP contribution < -0.4 is 10.2 Å². The number of anilines is 2. The number of carbonyl (C=O) groups excluding carboxylic acids is 2. The maximum absolute atomic E-state index is 13.3. The Morgan fingerprint density at radius 3 is 2.53 bits per heavy atom. The van der Waals surface area contributed by atoms with Crippen molar-refractivity contribution in [3.05, 3.63) is 53.8 Å². The van der Waals surface area contributed by atoms with Crippen molar-refractivity contribution in [2.24, 2.45) is 5.92 Å². The highest BCUT2D eigenvalue weighted by Crippen LogP contribution is 2.32. The minimum Gasteiger partial charge on any atom is -0.326 e. The first-order valence-corrected chi connectivity index (χ1v) is 12.1. The fourth-order valence-corrected chi connectivity index (χ4v) is 5.93. The number of carbonyl (C=O) groups is 2. The van der Waals surface area contributed by atoms with E-state index in [4.69, 9.17) is 0 Å². The molecule has 170 valence electrons. The van der Waals surface area contributed by atoms with Crippen LogP contribution in [0.25, 0.3) is 0 Å². The van der Waals surface area contributed by atoms with Crippen molar-refractivity contribution in [2.75, 3.05) is 29.9 Å². The van der Waals surface area contributed by atoms with E-state index in [2.05, 4.69) is 5.32 Å². The van der Waals surface area contributed by atoms with Crippen LogP contribution >= 0.6 is 0 Å². The summed E-state index contributed by atoms with van der Waals surface area (Å²) in [6.45, 7) is 2.76. The second kappa shape index (κ2) is 8.99. The summed E-state index contributed by atoms with van der Waals surface area (Å²) in [5, 5.41) is 2.69. The minimum absolute atomic E-state index is 0.0529. The number of piperidine rings is 1. The predicted molar refractivity (Wildman–Crippen MR) is 119 cm³/mol. The average molecular weight is 460 g/mol. The fourth-order valence-electron chi connectivity index (χ4n) is 4.41. The van der Waals surface area contributed by atoms with Crippen molar-refractivity contribution < 1.29 is 22.4 Å². The van der Waals surface area contributed by atoms with Crippen LogP contribution in [0.1, 0.15) is 31.7 Å². The Balaban J connectivity index is 1.35. The molecule has 2 aliphatic rings. The molecule has 2 aromatic carbocycles. The monoisotopic (exact) mass is 459 g/mol. The zero-order valence-electron chi connectivity index (χ0n) is 17.9. The molecule has 2 amide bonds. The molecule has 1 saturated heterocycles. The highest BCUT2D eigenvalue weighted by molar-refractivity contribution is 7.89. The summed E-state index contributed by atoms with van der Waals surface area (Å²) >= 11 is 0. The lowest BCUT2D eigenvalue weighted by Crippen LogP contribution is -2.39. The van der Waals surface area contributed by atoms with E-state index in [1.165, 1.54) is 29.4 Å². The molecule has 2 aliphatic heterocycles. The molecule has 0 saturated carbocycles. The van der Waals surface area contributed by atoms with Gasteiger partial charge in [0, 0.05) is 44.4 Å². The van der Waals surface area contributed by atoms with E-state index in [0.717, 1.165) is 11.3 Å². The molecule has 0 atom stereocenters. The lowest BCUT2D eigenvalue weighted by Gasteiger charge is -2.31. The highest BCUT2D eigenvalue weighted by atomic mass is 32.2. The first-order valence-electron chi connectivity index (χ1n) is 10.7. The first kappa shape index (κ1) is 22.4. The van der Waals surface area contributed by atoms with Crippen LogP contribution in [0, 0.1) is 11.7 Å². The number of fused-ring (bicyclic) bond motifs is 1. The zero-order chi connectivity index (χ0) is 22.9. The SMILES string of the molecule is CC(=O)N1CCc2cc(S(=O)(=O)N3CCC(CC(=O)Nc4cccc(F)c4)CC3)ccc21. The van der Waals surface area contributed by atoms with Crippen molar-refractivity contribution in [3.8, 4) is 0 Å². The van der Waals surface area contributed by atoms with Gasteiger partial charge in [-0.05, 0) is 67.1 Å². The number of halogens is 1. The Bertz CT molecular complexity index is 1140. The normalized spacial score (nSPS) is 17.2. The third kappa shape index (κ3) is 4.68. The predicted octanol–water partition coefficient (Wildman–Crippen LogP) is 3.16. The molecule has 0 unspecified atom stereocenters. The Kier molecular flexibility index (Phi) is 6.30. The van der Waals surface area contributed by atoms with Crippen molar-refractivity contribution in [1.82, 2.24) is 4.31 Å². The maximum Gasteiger partial charge on any atom is 0.243 e. The molecule has 32 heavy (non-hydrogen) atoms. The van der Waals surface area contributed by atoms with Gasteiger partial charge in [0.15, 0.2) is 0 Å². The van der Waals surface area contributed by atoms with E-state index in [0.29, 0.717) is 44.6 Å². The molecule has 1 N–H and O–H groups in total. The van der Waals surface area contributed by atoms with Gasteiger partial charge in [0.1, 0.15) is 5.82 Å². The number of nitrogens with zero attached hydrogens (tertiary/aromatic N) is 2. The molecule has 7 nitrogen and oxygen atoms in total. The lowest BCUT2D eigenvalue weighted by molar-refractivity contribution is -0.117. The van der Waals surface area contributed by atoms with E-state index in [-0.39, 0.29) is 29.0 Å². The minimum atomic E-state index is -3.64. The topological polar surface area (TPSA) is 86.8 Å². The molecule has 0 bridgehead atoms. The van der Waals surface area contributed by atoms with E-state index in [9.17, 15) is 22.4 Å². The molecule has 0 aliphatic carbocycles. The third-order valence-electron chi connectivity index (χ3n) is 6.12. The van der Waals surface area contributed by atoms with Crippen LogP contribution in [0.2, 0.25) is 0 Å². The summed E-state index contributed by atoms with van der Waals surface area (Å²) in [6.07, 6.45) is 2.07. The van der Waals surface area contributed by atoms with Gasteiger partial charge < -0.3 is 10.2 Å². The maximum atomic E-state index is 13.3. The summed E-state index contributed by atoms with van der Waals surface area (Å²) in [5.41, 5.74) is 2.06. The summed E-state index contributed by atoms with van der Waals surface area (Å²) < 4.78 is 41.0. The van der Waals surface area contributed by atoms with Gasteiger partial charge in [0.2, 0.25) is 21.8 Å². The second-order valence-electron chi connectivity index (χ2n) is 8.32. The lowest BCUT2D eigenvalue weighted by atomic mass is 9.94. The highest BCUT2D eigenvalue weighted by Gasteiger charge is 2.32. The van der Waals surface area contributed by atoms with Gasteiger partial charge in [-0.15, -0.1) is 0 Å². The Labute approximate surface area is 187 Å². The third-order valence-corrected chi connectivity index (χ3v) is 8.01. The number of benzene rings is 2. The first-order chi connectivity index (χ1) is 15.2. The molecule has 0 spiro atoms. The van der Waals surface area contributed by atoms with Gasteiger partial charge in [0.05, 0.1) is 4.90 Å². The molecular formula is C23H26FN3O4S. The van der Waals surface area contributed by atoms with E-state index in [1.54, 1.807) is 29.2 Å². The van der Waals surface area contributed by atoms with Crippen LogP contribution in [0.4, 0.5) is 15.8 Å². The fraction of sp³-hybridized carbons (Fsp3) is 0.391. The van der Waals surface area contributed by atoms with Crippen LogP contribution in [-0.4, -0.2) is 44.2 Å². The number of rotatable bonds is 5.